The van der Waals surface area contributed by atoms with Crippen LogP contribution in [-0.4, -0.2) is 34.4 Å². The van der Waals surface area contributed by atoms with Gasteiger partial charge in [0.1, 0.15) is 0 Å². The first kappa shape index (κ1) is 19.8. The molecular formula is C25H26O3Si. The summed E-state index contributed by atoms with van der Waals surface area (Å²) in [6, 6.07) is 31.8. The highest BCUT2D eigenvalue weighted by atomic mass is 28.4. The molecule has 0 radical (unpaired) electrons. The Morgan fingerprint density at radius 1 is 0.793 bits per heavy atom. The van der Waals surface area contributed by atoms with Gasteiger partial charge in [-0.1, -0.05) is 97.1 Å². The summed E-state index contributed by atoms with van der Waals surface area (Å²) in [7, 11) is -1.02. The molecule has 0 fully saturated rings. The van der Waals surface area contributed by atoms with Crippen molar-refractivity contribution in [3.05, 3.63) is 103 Å². The smallest absolute Gasteiger partial charge is 0.288 e. The fourth-order valence-corrected chi connectivity index (χ4v) is 7.78. The van der Waals surface area contributed by atoms with Crippen LogP contribution in [0.5, 0.6) is 0 Å². The van der Waals surface area contributed by atoms with Crippen molar-refractivity contribution < 1.29 is 13.9 Å². The van der Waals surface area contributed by atoms with Gasteiger partial charge in [0, 0.05) is 7.11 Å². The summed E-state index contributed by atoms with van der Waals surface area (Å²) in [6.07, 6.45) is 4.55. The minimum atomic E-state index is -2.68. The van der Waals surface area contributed by atoms with Crippen molar-refractivity contribution in [2.24, 2.45) is 0 Å². The van der Waals surface area contributed by atoms with Crippen LogP contribution < -0.4 is 15.6 Å². The van der Waals surface area contributed by atoms with E-state index in [0.717, 1.165) is 6.42 Å². The molecule has 4 rings (SSSR count). The van der Waals surface area contributed by atoms with E-state index in [0.29, 0.717) is 6.61 Å². The number of hydrogen-bond acceptors (Lipinski definition) is 3. The maximum absolute atomic E-state index is 6.94. The zero-order valence-corrected chi connectivity index (χ0v) is 17.6. The molecule has 3 aromatic carbocycles. The first-order valence-electron chi connectivity index (χ1n) is 9.98. The third-order valence-corrected chi connectivity index (χ3v) is 9.32. The number of hydrogen-bond donors (Lipinski definition) is 0. The van der Waals surface area contributed by atoms with Gasteiger partial charge in [-0.3, -0.25) is 0 Å². The molecule has 0 amide bonds. The standard InChI is InChI=1S/C25H26O3Si/c1-26-25-19-11-12-21(28-25)20-27-29(22-13-5-2-6-14-22,23-15-7-3-8-16-23)24-17-9-4-10-18-24/h2-11,13-19,21,25H,12,20H2,1H3/t21-,25+/m1/s1. The molecule has 0 aromatic heterocycles. The van der Waals surface area contributed by atoms with Gasteiger partial charge in [-0.2, -0.15) is 0 Å². The van der Waals surface area contributed by atoms with E-state index in [1.807, 2.05) is 6.08 Å². The van der Waals surface area contributed by atoms with E-state index in [9.17, 15) is 0 Å². The summed E-state index contributed by atoms with van der Waals surface area (Å²) in [5.41, 5.74) is 0. The molecule has 0 saturated carbocycles. The molecule has 3 aromatic rings. The Labute approximate surface area is 173 Å². The molecule has 0 saturated heterocycles. The summed E-state index contributed by atoms with van der Waals surface area (Å²) in [5.74, 6) is 0. The molecule has 0 aliphatic carbocycles. The predicted octanol–water partition coefficient (Wildman–Crippen LogP) is 2.99. The molecule has 0 bridgehead atoms. The van der Waals surface area contributed by atoms with Gasteiger partial charge in [0.15, 0.2) is 6.29 Å². The summed E-state index contributed by atoms with van der Waals surface area (Å²) in [6.45, 7) is 0.509. The van der Waals surface area contributed by atoms with Gasteiger partial charge in [-0.15, -0.1) is 0 Å². The van der Waals surface area contributed by atoms with Crippen molar-refractivity contribution in [2.45, 2.75) is 18.8 Å². The summed E-state index contributed by atoms with van der Waals surface area (Å²) >= 11 is 0. The topological polar surface area (TPSA) is 27.7 Å². The average Bonchev–Trinajstić information content (AvgIpc) is 2.82. The fraction of sp³-hybridized carbons (Fsp3) is 0.200. The highest BCUT2D eigenvalue weighted by molar-refractivity contribution is 7.07. The molecule has 1 heterocycles. The molecule has 1 aliphatic heterocycles. The van der Waals surface area contributed by atoms with Crippen LogP contribution in [0.4, 0.5) is 0 Å². The van der Waals surface area contributed by atoms with Gasteiger partial charge in [0.2, 0.25) is 0 Å². The third-order valence-electron chi connectivity index (χ3n) is 5.28. The molecule has 0 unspecified atom stereocenters. The molecule has 29 heavy (non-hydrogen) atoms. The van der Waals surface area contributed by atoms with Crippen molar-refractivity contribution in [1.82, 2.24) is 0 Å². The van der Waals surface area contributed by atoms with Crippen molar-refractivity contribution in [3.63, 3.8) is 0 Å². The maximum Gasteiger partial charge on any atom is 0.288 e. The number of ether oxygens (including phenoxy) is 2. The van der Waals surface area contributed by atoms with Crippen LogP contribution >= 0.6 is 0 Å². The lowest BCUT2D eigenvalue weighted by Gasteiger charge is -2.35. The lowest BCUT2D eigenvalue weighted by Crippen LogP contribution is -2.69. The number of methoxy groups -OCH3 is 1. The molecule has 0 N–H and O–H groups in total. The Morgan fingerprint density at radius 3 is 1.72 bits per heavy atom. The Morgan fingerprint density at radius 2 is 1.28 bits per heavy atom. The van der Waals surface area contributed by atoms with E-state index in [4.69, 9.17) is 13.9 Å². The van der Waals surface area contributed by atoms with Gasteiger partial charge in [-0.25, -0.2) is 0 Å². The van der Waals surface area contributed by atoms with Gasteiger partial charge >= 0.3 is 0 Å². The zero-order valence-electron chi connectivity index (χ0n) is 16.6. The second-order valence-corrected chi connectivity index (χ2v) is 10.5. The van der Waals surface area contributed by atoms with Crippen LogP contribution in [0, 0.1) is 0 Å². The Kier molecular flexibility index (Phi) is 6.37. The average molecular weight is 403 g/mol. The quantitative estimate of drug-likeness (QED) is 0.345. The third kappa shape index (κ3) is 4.26. The first-order valence-corrected chi connectivity index (χ1v) is 11.9. The zero-order chi connectivity index (χ0) is 19.9. The Hall–Kier alpha value is -2.50. The highest BCUT2D eigenvalue weighted by Gasteiger charge is 2.42. The van der Waals surface area contributed by atoms with Crippen molar-refractivity contribution in [3.8, 4) is 0 Å². The molecule has 4 heteroatoms. The van der Waals surface area contributed by atoms with Crippen LogP contribution in [0.25, 0.3) is 0 Å². The Balaban J connectivity index is 1.77. The van der Waals surface area contributed by atoms with Gasteiger partial charge in [-0.05, 0) is 28.1 Å². The van der Waals surface area contributed by atoms with E-state index in [1.165, 1.54) is 15.6 Å². The summed E-state index contributed by atoms with van der Waals surface area (Å²) < 4.78 is 18.3. The molecular weight excluding hydrogens is 376 g/mol. The largest absolute Gasteiger partial charge is 0.402 e. The maximum atomic E-state index is 6.94. The first-order chi connectivity index (χ1) is 14.3. The molecule has 2 atom stereocenters. The predicted molar refractivity (Wildman–Crippen MR) is 119 cm³/mol. The molecule has 148 valence electrons. The lowest BCUT2D eigenvalue weighted by molar-refractivity contribution is -0.140. The monoisotopic (exact) mass is 402 g/mol. The van der Waals surface area contributed by atoms with Gasteiger partial charge < -0.3 is 13.9 Å². The second kappa shape index (κ2) is 9.33. The van der Waals surface area contributed by atoms with Crippen LogP contribution in [0.3, 0.4) is 0 Å². The lowest BCUT2D eigenvalue weighted by atomic mass is 10.2. The van der Waals surface area contributed by atoms with Crippen molar-refractivity contribution in [2.75, 3.05) is 13.7 Å². The highest BCUT2D eigenvalue weighted by Crippen LogP contribution is 2.16. The van der Waals surface area contributed by atoms with E-state index in [-0.39, 0.29) is 12.4 Å². The van der Waals surface area contributed by atoms with Crippen molar-refractivity contribution in [1.29, 1.82) is 0 Å². The van der Waals surface area contributed by atoms with Crippen molar-refractivity contribution >= 4 is 23.9 Å². The normalized spacial score (nSPS) is 19.2. The summed E-state index contributed by atoms with van der Waals surface area (Å²) in [4.78, 5) is 0. The molecule has 1 aliphatic rings. The Bertz CT molecular complexity index is 816. The number of rotatable bonds is 7. The fourth-order valence-electron chi connectivity index (χ4n) is 3.86. The minimum Gasteiger partial charge on any atom is -0.402 e. The minimum absolute atomic E-state index is 0.0343. The van der Waals surface area contributed by atoms with Crippen LogP contribution in [0.15, 0.2) is 103 Å². The molecule has 3 nitrogen and oxygen atoms in total. The van der Waals surface area contributed by atoms with Crippen LogP contribution in [0.1, 0.15) is 6.42 Å². The number of benzene rings is 3. The second-order valence-electron chi connectivity index (χ2n) is 7.12. The SMILES string of the molecule is CO[C@@H]1C=CC[C@H](CO[Si](c2ccccc2)(c2ccccc2)c2ccccc2)O1. The van der Waals surface area contributed by atoms with E-state index in [2.05, 4.69) is 97.1 Å². The molecule has 0 spiro atoms. The van der Waals surface area contributed by atoms with Crippen LogP contribution in [0.2, 0.25) is 0 Å². The summed E-state index contributed by atoms with van der Waals surface area (Å²) in [5, 5.41) is 3.69. The van der Waals surface area contributed by atoms with E-state index >= 15 is 0 Å². The van der Waals surface area contributed by atoms with Crippen LogP contribution in [-0.2, 0) is 13.9 Å². The van der Waals surface area contributed by atoms with Gasteiger partial charge in [0.25, 0.3) is 8.32 Å². The van der Waals surface area contributed by atoms with E-state index in [1.54, 1.807) is 7.11 Å². The van der Waals surface area contributed by atoms with Gasteiger partial charge in [0.05, 0.1) is 12.7 Å². The van der Waals surface area contributed by atoms with E-state index < -0.39 is 8.32 Å².